The van der Waals surface area contributed by atoms with Crippen molar-refractivity contribution < 1.29 is 17.9 Å². The van der Waals surface area contributed by atoms with E-state index in [-0.39, 0.29) is 23.4 Å². The van der Waals surface area contributed by atoms with Gasteiger partial charge in [-0.1, -0.05) is 24.3 Å². The SMILES string of the molecule is COc1cccc2[nH]cc(S(=O)(=O)N3CCN(C(=O)c4ccccc4)C[C@@H]3C)c12. The van der Waals surface area contributed by atoms with Crippen LogP contribution >= 0.6 is 0 Å². The maximum Gasteiger partial charge on any atom is 0.253 e. The molecule has 1 N–H and O–H groups in total. The van der Waals surface area contributed by atoms with Gasteiger partial charge in [-0.3, -0.25) is 4.79 Å². The number of methoxy groups -OCH3 is 1. The van der Waals surface area contributed by atoms with Gasteiger partial charge < -0.3 is 14.6 Å². The van der Waals surface area contributed by atoms with Gasteiger partial charge in [0.2, 0.25) is 10.0 Å². The number of nitrogens with zero attached hydrogens (tertiary/aromatic N) is 2. The Balaban J connectivity index is 1.61. The lowest BCUT2D eigenvalue weighted by atomic mass is 10.1. The number of rotatable bonds is 4. The lowest BCUT2D eigenvalue weighted by Gasteiger charge is -2.38. The van der Waals surface area contributed by atoms with Crippen LogP contribution in [0.25, 0.3) is 10.9 Å². The van der Waals surface area contributed by atoms with Crippen LogP contribution in [-0.2, 0) is 10.0 Å². The number of sulfonamides is 1. The Bertz CT molecular complexity index is 1140. The van der Waals surface area contributed by atoms with Crippen LogP contribution in [0.1, 0.15) is 17.3 Å². The molecule has 0 spiro atoms. The van der Waals surface area contributed by atoms with Gasteiger partial charge in [-0.2, -0.15) is 4.31 Å². The average Bonchev–Trinajstić information content (AvgIpc) is 3.19. The minimum Gasteiger partial charge on any atom is -0.496 e. The Morgan fingerprint density at radius 2 is 1.86 bits per heavy atom. The largest absolute Gasteiger partial charge is 0.496 e. The molecule has 1 amide bonds. The number of aromatic amines is 1. The Morgan fingerprint density at radius 1 is 1.10 bits per heavy atom. The van der Waals surface area contributed by atoms with E-state index in [1.165, 1.54) is 17.6 Å². The minimum atomic E-state index is -3.76. The molecular formula is C21H23N3O4S. The van der Waals surface area contributed by atoms with Crippen LogP contribution in [0.4, 0.5) is 0 Å². The molecule has 4 rings (SSSR count). The fraction of sp³-hybridized carbons (Fsp3) is 0.286. The summed E-state index contributed by atoms with van der Waals surface area (Å²) < 4.78 is 33.7. The molecule has 0 unspecified atom stereocenters. The molecule has 2 aromatic carbocycles. The summed E-state index contributed by atoms with van der Waals surface area (Å²) in [6, 6.07) is 14.1. The molecule has 2 heterocycles. The van der Waals surface area contributed by atoms with E-state index in [9.17, 15) is 13.2 Å². The highest BCUT2D eigenvalue weighted by Crippen LogP contribution is 2.34. The van der Waals surface area contributed by atoms with E-state index < -0.39 is 10.0 Å². The van der Waals surface area contributed by atoms with E-state index in [0.717, 1.165) is 0 Å². The first kappa shape index (κ1) is 19.5. The van der Waals surface area contributed by atoms with E-state index in [1.54, 1.807) is 23.1 Å². The fourth-order valence-corrected chi connectivity index (χ4v) is 5.66. The molecule has 1 fully saturated rings. The summed E-state index contributed by atoms with van der Waals surface area (Å²) in [4.78, 5) is 17.7. The predicted octanol–water partition coefficient (Wildman–Crippen LogP) is 2.71. The highest BCUT2D eigenvalue weighted by molar-refractivity contribution is 7.89. The van der Waals surface area contributed by atoms with Gasteiger partial charge in [0.05, 0.1) is 18.0 Å². The zero-order valence-corrected chi connectivity index (χ0v) is 17.1. The normalized spacial score (nSPS) is 18.1. The van der Waals surface area contributed by atoms with Gasteiger partial charge in [0, 0.05) is 37.4 Å². The molecular weight excluding hydrogens is 390 g/mol. The van der Waals surface area contributed by atoms with Crippen molar-refractivity contribution in [2.24, 2.45) is 0 Å². The van der Waals surface area contributed by atoms with Crippen LogP contribution in [0.15, 0.2) is 59.6 Å². The summed E-state index contributed by atoms with van der Waals surface area (Å²) in [6.45, 7) is 2.75. The third-order valence-corrected chi connectivity index (χ3v) is 7.35. The number of carbonyl (C=O) groups excluding carboxylic acids is 1. The quantitative estimate of drug-likeness (QED) is 0.713. The van der Waals surface area contributed by atoms with E-state index in [4.69, 9.17) is 4.74 Å². The van der Waals surface area contributed by atoms with Gasteiger partial charge in [-0.15, -0.1) is 0 Å². The Kier molecular flexibility index (Phi) is 5.06. The van der Waals surface area contributed by atoms with E-state index >= 15 is 0 Å². The lowest BCUT2D eigenvalue weighted by molar-refractivity contribution is 0.0642. The Labute approximate surface area is 169 Å². The van der Waals surface area contributed by atoms with Crippen LogP contribution in [0, 0.1) is 0 Å². The predicted molar refractivity (Wildman–Crippen MR) is 111 cm³/mol. The third kappa shape index (κ3) is 3.38. The monoisotopic (exact) mass is 413 g/mol. The molecule has 1 aliphatic rings. The van der Waals surface area contributed by atoms with Crippen molar-refractivity contribution >= 4 is 26.8 Å². The standard InChI is InChI=1S/C21H23N3O4S/c1-15-14-23(21(25)16-7-4-3-5-8-16)11-12-24(15)29(26,27)19-13-22-17-9-6-10-18(28-2)20(17)19/h3-10,13,15,22H,11-12,14H2,1-2H3/t15-/m0/s1. The van der Waals surface area contributed by atoms with Gasteiger partial charge in [-0.25, -0.2) is 8.42 Å². The second kappa shape index (κ2) is 7.53. The molecule has 1 atom stereocenters. The number of carbonyl (C=O) groups is 1. The maximum atomic E-state index is 13.4. The number of benzene rings is 2. The number of hydrogen-bond donors (Lipinski definition) is 1. The molecule has 1 aromatic heterocycles. The molecule has 0 aliphatic carbocycles. The van der Waals surface area contributed by atoms with Crippen LogP contribution in [-0.4, -0.2) is 61.3 Å². The van der Waals surface area contributed by atoms with E-state index in [1.807, 2.05) is 37.3 Å². The second-order valence-electron chi connectivity index (χ2n) is 7.12. The maximum absolute atomic E-state index is 13.4. The van der Waals surface area contributed by atoms with Gasteiger partial charge in [0.15, 0.2) is 0 Å². The third-order valence-electron chi connectivity index (χ3n) is 5.31. The zero-order valence-electron chi connectivity index (χ0n) is 16.3. The van der Waals surface area contributed by atoms with Crippen molar-refractivity contribution in [1.82, 2.24) is 14.2 Å². The van der Waals surface area contributed by atoms with Gasteiger partial charge in [0.25, 0.3) is 5.91 Å². The van der Waals surface area contributed by atoms with E-state index in [0.29, 0.717) is 35.3 Å². The second-order valence-corrected chi connectivity index (χ2v) is 8.98. The first-order valence-corrected chi connectivity index (χ1v) is 10.9. The smallest absolute Gasteiger partial charge is 0.253 e. The summed E-state index contributed by atoms with van der Waals surface area (Å²) in [5.74, 6) is 0.427. The summed E-state index contributed by atoms with van der Waals surface area (Å²) in [5.41, 5.74) is 1.31. The van der Waals surface area contributed by atoms with E-state index in [2.05, 4.69) is 4.98 Å². The summed E-state index contributed by atoms with van der Waals surface area (Å²) in [7, 11) is -2.23. The van der Waals surface area contributed by atoms with Gasteiger partial charge in [-0.05, 0) is 31.2 Å². The zero-order chi connectivity index (χ0) is 20.6. The molecule has 0 radical (unpaired) electrons. The van der Waals surface area contributed by atoms with Crippen LogP contribution in [0.5, 0.6) is 5.75 Å². The average molecular weight is 413 g/mol. The number of hydrogen-bond acceptors (Lipinski definition) is 4. The van der Waals surface area contributed by atoms with Gasteiger partial charge in [0.1, 0.15) is 10.6 Å². The molecule has 29 heavy (non-hydrogen) atoms. The summed E-state index contributed by atoms with van der Waals surface area (Å²) >= 11 is 0. The molecule has 0 saturated carbocycles. The van der Waals surface area contributed by atoms with Crippen LogP contribution in [0.3, 0.4) is 0 Å². The van der Waals surface area contributed by atoms with Crippen molar-refractivity contribution in [2.75, 3.05) is 26.7 Å². The van der Waals surface area contributed by atoms with Crippen LogP contribution in [0.2, 0.25) is 0 Å². The molecule has 1 saturated heterocycles. The lowest BCUT2D eigenvalue weighted by Crippen LogP contribution is -2.55. The Hall–Kier alpha value is -2.84. The molecule has 1 aliphatic heterocycles. The number of H-pyrrole nitrogens is 1. The number of nitrogens with one attached hydrogen (secondary N) is 1. The fourth-order valence-electron chi connectivity index (χ4n) is 3.87. The summed E-state index contributed by atoms with van der Waals surface area (Å²) in [6.07, 6.45) is 1.51. The van der Waals surface area contributed by atoms with Crippen molar-refractivity contribution in [1.29, 1.82) is 0 Å². The minimum absolute atomic E-state index is 0.0803. The number of piperazine rings is 1. The molecule has 152 valence electrons. The molecule has 7 nitrogen and oxygen atoms in total. The highest BCUT2D eigenvalue weighted by atomic mass is 32.2. The highest BCUT2D eigenvalue weighted by Gasteiger charge is 2.37. The first-order chi connectivity index (χ1) is 13.9. The number of aromatic nitrogens is 1. The number of amides is 1. The molecule has 0 bridgehead atoms. The number of fused-ring (bicyclic) bond motifs is 1. The molecule has 3 aromatic rings. The van der Waals surface area contributed by atoms with Crippen molar-refractivity contribution in [3.05, 3.63) is 60.3 Å². The topological polar surface area (TPSA) is 82.7 Å². The Morgan fingerprint density at radius 3 is 2.55 bits per heavy atom. The summed E-state index contributed by atoms with van der Waals surface area (Å²) in [5, 5.41) is 0.546. The molecule has 8 heteroatoms. The van der Waals surface area contributed by atoms with Gasteiger partial charge >= 0.3 is 0 Å². The number of ether oxygens (including phenoxy) is 1. The van der Waals surface area contributed by atoms with Crippen molar-refractivity contribution in [3.8, 4) is 5.75 Å². The van der Waals surface area contributed by atoms with Crippen molar-refractivity contribution in [3.63, 3.8) is 0 Å². The van der Waals surface area contributed by atoms with Crippen molar-refractivity contribution in [2.45, 2.75) is 17.9 Å². The van der Waals surface area contributed by atoms with Crippen LogP contribution < -0.4 is 4.74 Å². The first-order valence-electron chi connectivity index (χ1n) is 9.43.